The zero-order valence-corrected chi connectivity index (χ0v) is 15.7. The number of nitro benzene ring substituents is 1. The van der Waals surface area contributed by atoms with Crippen LogP contribution >= 0.6 is 11.6 Å². The maximum atomic E-state index is 12.5. The third-order valence-electron chi connectivity index (χ3n) is 4.09. The van der Waals surface area contributed by atoms with Gasteiger partial charge < -0.3 is 14.0 Å². The van der Waals surface area contributed by atoms with Gasteiger partial charge in [0.05, 0.1) is 9.95 Å². The van der Waals surface area contributed by atoms with Gasteiger partial charge in [-0.05, 0) is 32.4 Å². The molecule has 1 aromatic carbocycles. The predicted molar refractivity (Wildman–Crippen MR) is 98.3 cm³/mol. The van der Waals surface area contributed by atoms with Crippen LogP contribution in [0.3, 0.4) is 0 Å². The molecule has 0 aliphatic rings. The van der Waals surface area contributed by atoms with Gasteiger partial charge in [-0.2, -0.15) is 0 Å². The third kappa shape index (κ3) is 4.62. The SMILES string of the molecule is COCCCn1c(C)cc(C(=O)COc2ccc([N+](=O)[O-])cc2Cl)c1C. The van der Waals surface area contributed by atoms with Crippen molar-refractivity contribution in [2.45, 2.75) is 26.8 Å². The number of rotatable bonds is 9. The van der Waals surface area contributed by atoms with Crippen molar-refractivity contribution in [1.82, 2.24) is 4.57 Å². The molecule has 8 heteroatoms. The lowest BCUT2D eigenvalue weighted by atomic mass is 10.1. The van der Waals surface area contributed by atoms with Crippen LogP contribution in [0, 0.1) is 24.0 Å². The number of carbonyl (C=O) groups excluding carboxylic acids is 1. The highest BCUT2D eigenvalue weighted by Crippen LogP contribution is 2.29. The van der Waals surface area contributed by atoms with E-state index in [9.17, 15) is 14.9 Å². The number of carbonyl (C=O) groups is 1. The normalized spacial score (nSPS) is 10.8. The molecule has 1 aromatic heterocycles. The average molecular weight is 381 g/mol. The molecule has 140 valence electrons. The summed E-state index contributed by atoms with van der Waals surface area (Å²) in [6, 6.07) is 5.71. The number of halogens is 1. The van der Waals surface area contributed by atoms with E-state index in [1.54, 1.807) is 7.11 Å². The first kappa shape index (κ1) is 19.9. The fourth-order valence-corrected chi connectivity index (χ4v) is 2.97. The minimum atomic E-state index is -0.542. The standard InChI is InChI=1S/C18H21ClN2O5/c1-12-9-15(13(2)20(12)7-4-8-25-3)17(22)11-26-18-6-5-14(21(23)24)10-16(18)19/h5-6,9-10H,4,7-8,11H2,1-3H3. The number of ketones is 1. The fourth-order valence-electron chi connectivity index (χ4n) is 2.74. The fraction of sp³-hybridized carbons (Fsp3) is 0.389. The molecule has 0 N–H and O–H groups in total. The molecule has 2 rings (SSSR count). The molecule has 0 saturated carbocycles. The molecule has 0 saturated heterocycles. The molecule has 7 nitrogen and oxygen atoms in total. The number of hydrogen-bond donors (Lipinski definition) is 0. The van der Waals surface area contributed by atoms with E-state index < -0.39 is 4.92 Å². The van der Waals surface area contributed by atoms with E-state index in [2.05, 4.69) is 4.57 Å². The van der Waals surface area contributed by atoms with Crippen LogP contribution in [0.4, 0.5) is 5.69 Å². The summed E-state index contributed by atoms with van der Waals surface area (Å²) in [7, 11) is 1.66. The van der Waals surface area contributed by atoms with Crippen LogP contribution in [-0.2, 0) is 11.3 Å². The molecule has 0 aliphatic heterocycles. The molecular formula is C18H21ClN2O5. The number of Topliss-reactive ketones (excluding diaryl/α,β-unsaturated/α-hetero) is 1. The van der Waals surface area contributed by atoms with Crippen molar-refractivity contribution in [3.63, 3.8) is 0 Å². The smallest absolute Gasteiger partial charge is 0.271 e. The van der Waals surface area contributed by atoms with Crippen molar-refractivity contribution in [2.24, 2.45) is 0 Å². The van der Waals surface area contributed by atoms with Gasteiger partial charge in [-0.1, -0.05) is 11.6 Å². The summed E-state index contributed by atoms with van der Waals surface area (Å²) < 4.78 is 12.6. The van der Waals surface area contributed by atoms with Crippen LogP contribution in [-0.4, -0.2) is 35.6 Å². The Kier molecular flexibility index (Phi) is 6.76. The maximum absolute atomic E-state index is 12.5. The Balaban J connectivity index is 2.06. The molecule has 0 bridgehead atoms. The highest BCUT2D eigenvalue weighted by Gasteiger charge is 2.17. The Morgan fingerprint density at radius 1 is 1.31 bits per heavy atom. The maximum Gasteiger partial charge on any atom is 0.271 e. The number of non-ortho nitro benzene ring substituents is 1. The lowest BCUT2D eigenvalue weighted by molar-refractivity contribution is -0.384. The van der Waals surface area contributed by atoms with E-state index in [1.807, 2.05) is 19.9 Å². The van der Waals surface area contributed by atoms with E-state index in [-0.39, 0.29) is 28.8 Å². The van der Waals surface area contributed by atoms with Crippen molar-refractivity contribution in [3.8, 4) is 5.75 Å². The molecule has 0 aliphatic carbocycles. The Morgan fingerprint density at radius 3 is 2.65 bits per heavy atom. The summed E-state index contributed by atoms with van der Waals surface area (Å²) in [6.45, 7) is 5.08. The minimum absolute atomic E-state index is 0.0945. The predicted octanol–water partition coefficient (Wildman–Crippen LogP) is 3.96. The molecule has 2 aromatic rings. The summed E-state index contributed by atoms with van der Waals surface area (Å²) in [5, 5.41) is 10.8. The number of benzene rings is 1. The average Bonchev–Trinajstić information content (AvgIpc) is 2.88. The second-order valence-corrected chi connectivity index (χ2v) is 6.27. The van der Waals surface area contributed by atoms with Crippen molar-refractivity contribution < 1.29 is 19.2 Å². The number of nitro groups is 1. The van der Waals surface area contributed by atoms with Gasteiger partial charge in [0.15, 0.2) is 6.61 Å². The monoisotopic (exact) mass is 380 g/mol. The molecular weight excluding hydrogens is 360 g/mol. The number of nitrogens with zero attached hydrogens (tertiary/aromatic N) is 2. The summed E-state index contributed by atoms with van der Waals surface area (Å²) in [6.07, 6.45) is 0.857. The number of hydrogen-bond acceptors (Lipinski definition) is 5. The lowest BCUT2D eigenvalue weighted by Crippen LogP contribution is -2.13. The Hall–Kier alpha value is -2.38. The van der Waals surface area contributed by atoms with Gasteiger partial charge in [0.2, 0.25) is 5.78 Å². The van der Waals surface area contributed by atoms with Crippen molar-refractivity contribution in [2.75, 3.05) is 20.3 Å². The van der Waals surface area contributed by atoms with Crippen molar-refractivity contribution in [1.29, 1.82) is 0 Å². The van der Waals surface area contributed by atoms with Gasteiger partial charge in [-0.25, -0.2) is 0 Å². The molecule has 0 unspecified atom stereocenters. The van der Waals surface area contributed by atoms with Gasteiger partial charge in [0, 0.05) is 49.3 Å². The molecule has 0 amide bonds. The second kappa shape index (κ2) is 8.82. The highest BCUT2D eigenvalue weighted by atomic mass is 35.5. The van der Waals surface area contributed by atoms with E-state index >= 15 is 0 Å². The summed E-state index contributed by atoms with van der Waals surface area (Å²) in [5.74, 6) is 0.0602. The first-order valence-electron chi connectivity index (χ1n) is 8.10. The minimum Gasteiger partial charge on any atom is -0.484 e. The van der Waals surface area contributed by atoms with Crippen LogP contribution in [0.5, 0.6) is 5.75 Å². The first-order valence-corrected chi connectivity index (χ1v) is 8.48. The number of aromatic nitrogens is 1. The second-order valence-electron chi connectivity index (χ2n) is 5.87. The molecule has 1 heterocycles. The lowest BCUT2D eigenvalue weighted by Gasteiger charge is -2.10. The van der Waals surface area contributed by atoms with Crippen LogP contribution < -0.4 is 4.74 Å². The summed E-state index contributed by atoms with van der Waals surface area (Å²) >= 11 is 5.98. The number of aryl methyl sites for hydroxylation is 1. The van der Waals surface area contributed by atoms with Crippen LogP contribution in [0.15, 0.2) is 24.3 Å². The number of ether oxygens (including phenoxy) is 2. The number of methoxy groups -OCH3 is 1. The highest BCUT2D eigenvalue weighted by molar-refractivity contribution is 6.32. The first-order chi connectivity index (χ1) is 12.3. The van der Waals surface area contributed by atoms with Crippen LogP contribution in [0.2, 0.25) is 5.02 Å². The van der Waals surface area contributed by atoms with Gasteiger partial charge in [0.1, 0.15) is 5.75 Å². The zero-order valence-electron chi connectivity index (χ0n) is 15.0. The largest absolute Gasteiger partial charge is 0.484 e. The third-order valence-corrected chi connectivity index (χ3v) is 4.38. The molecule has 0 atom stereocenters. The quantitative estimate of drug-likeness (QED) is 0.284. The Morgan fingerprint density at radius 2 is 2.04 bits per heavy atom. The topological polar surface area (TPSA) is 83.6 Å². The Labute approximate surface area is 156 Å². The molecule has 26 heavy (non-hydrogen) atoms. The Bertz CT molecular complexity index is 816. The summed E-state index contributed by atoms with van der Waals surface area (Å²) in [5.41, 5.74) is 2.34. The molecule has 0 spiro atoms. The van der Waals surface area contributed by atoms with Crippen LogP contribution in [0.25, 0.3) is 0 Å². The van der Waals surface area contributed by atoms with E-state index in [1.165, 1.54) is 18.2 Å². The van der Waals surface area contributed by atoms with Gasteiger partial charge in [-0.15, -0.1) is 0 Å². The van der Waals surface area contributed by atoms with Gasteiger partial charge in [0.25, 0.3) is 5.69 Å². The van der Waals surface area contributed by atoms with Crippen LogP contribution in [0.1, 0.15) is 28.2 Å². The van der Waals surface area contributed by atoms with E-state index in [0.29, 0.717) is 12.2 Å². The molecule has 0 radical (unpaired) electrons. The summed E-state index contributed by atoms with van der Waals surface area (Å²) in [4.78, 5) is 22.7. The molecule has 0 fully saturated rings. The van der Waals surface area contributed by atoms with E-state index in [4.69, 9.17) is 21.1 Å². The van der Waals surface area contributed by atoms with Gasteiger partial charge >= 0.3 is 0 Å². The van der Waals surface area contributed by atoms with Gasteiger partial charge in [-0.3, -0.25) is 14.9 Å². The van der Waals surface area contributed by atoms with E-state index in [0.717, 1.165) is 24.4 Å². The zero-order chi connectivity index (χ0) is 19.3. The van der Waals surface area contributed by atoms with Crippen molar-refractivity contribution >= 4 is 23.1 Å². The van der Waals surface area contributed by atoms with Crippen molar-refractivity contribution in [3.05, 3.63) is 56.4 Å².